The Hall–Kier alpha value is -4.80. The Bertz CT molecular complexity index is 1340. The number of hydrogen-bond acceptors (Lipinski definition) is 5. The molecule has 0 radical (unpaired) electrons. The van der Waals surface area contributed by atoms with Gasteiger partial charge in [0.05, 0.1) is 22.4 Å². The van der Waals surface area contributed by atoms with Gasteiger partial charge in [-0.15, -0.1) is 0 Å². The summed E-state index contributed by atoms with van der Waals surface area (Å²) in [6, 6.07) is 7.68. The van der Waals surface area contributed by atoms with E-state index < -0.39 is 63.5 Å². The molecular weight excluding hydrogens is 444 g/mol. The lowest BCUT2D eigenvalue weighted by molar-refractivity contribution is 0.0676. The third-order valence-electron chi connectivity index (χ3n) is 4.59. The number of nitrogens with one attached hydrogen (secondary N) is 1. The van der Waals surface area contributed by atoms with E-state index >= 15 is 0 Å². The maximum atomic E-state index is 13.6. The summed E-state index contributed by atoms with van der Waals surface area (Å²) in [5.41, 5.74) is -2.52. The summed E-state index contributed by atoms with van der Waals surface area (Å²) in [6.45, 7) is 0. The van der Waals surface area contributed by atoms with Crippen LogP contribution in [-0.4, -0.2) is 44.2 Å². The van der Waals surface area contributed by atoms with E-state index in [9.17, 15) is 43.3 Å². The van der Waals surface area contributed by atoms with E-state index in [4.69, 9.17) is 5.11 Å². The summed E-state index contributed by atoms with van der Waals surface area (Å²) in [5, 5.41) is 39.8. The van der Waals surface area contributed by atoms with Crippen LogP contribution < -0.4 is 5.32 Å². The van der Waals surface area contributed by atoms with Gasteiger partial charge in [0.1, 0.15) is 11.3 Å². The van der Waals surface area contributed by atoms with Gasteiger partial charge in [-0.25, -0.2) is 23.2 Å². The number of carbonyl (C=O) groups is 4. The summed E-state index contributed by atoms with van der Waals surface area (Å²) in [6.07, 6.45) is 0. The molecule has 3 aromatic rings. The number of aromatic carboxylic acids is 3. The second-order valence-corrected chi connectivity index (χ2v) is 6.67. The molecule has 0 saturated heterocycles. The van der Waals surface area contributed by atoms with Crippen molar-refractivity contribution in [3.63, 3.8) is 0 Å². The van der Waals surface area contributed by atoms with E-state index in [1.807, 2.05) is 0 Å². The highest BCUT2D eigenvalue weighted by Crippen LogP contribution is 2.29. The Balaban J connectivity index is 2.10. The average molecular weight is 457 g/mol. The molecule has 0 aliphatic rings. The van der Waals surface area contributed by atoms with Crippen LogP contribution in [0.15, 0.2) is 48.5 Å². The molecule has 0 saturated carbocycles. The third-order valence-corrected chi connectivity index (χ3v) is 4.59. The summed E-state index contributed by atoms with van der Waals surface area (Å²) >= 11 is 0. The summed E-state index contributed by atoms with van der Waals surface area (Å²) in [7, 11) is 0. The van der Waals surface area contributed by atoms with E-state index in [1.54, 1.807) is 0 Å². The van der Waals surface area contributed by atoms with Crippen LogP contribution in [0.25, 0.3) is 11.1 Å². The molecule has 3 aromatic carbocycles. The van der Waals surface area contributed by atoms with E-state index in [1.165, 1.54) is 12.1 Å². The standard InChI is InChI=1S/C22H13F2NO8/c23-15-4-2-9(5-16(15)24)10-1-3-11(20(28)29)17(6-10)25-19(27)12-7-14(22(32)33)18(26)8-13(12)21(30)31/h1-8,26H,(H,25,27)(H,28,29)(H,30,31)(H,32,33). The number of carboxylic acid groups (broad SMARTS) is 3. The molecular formula is C22H13F2NO8. The smallest absolute Gasteiger partial charge is 0.339 e. The Labute approximate surface area is 183 Å². The lowest BCUT2D eigenvalue weighted by atomic mass is 10.00. The third kappa shape index (κ3) is 4.61. The zero-order chi connectivity index (χ0) is 24.4. The number of phenols is 1. The highest BCUT2D eigenvalue weighted by Gasteiger charge is 2.24. The van der Waals surface area contributed by atoms with Gasteiger partial charge < -0.3 is 25.7 Å². The average Bonchev–Trinajstić information content (AvgIpc) is 2.74. The van der Waals surface area contributed by atoms with Crippen LogP contribution in [0, 0.1) is 11.6 Å². The molecule has 0 unspecified atom stereocenters. The molecule has 9 nitrogen and oxygen atoms in total. The first-order chi connectivity index (χ1) is 15.5. The van der Waals surface area contributed by atoms with Crippen LogP contribution >= 0.6 is 0 Å². The van der Waals surface area contributed by atoms with Crippen LogP contribution in [0.5, 0.6) is 5.75 Å². The van der Waals surface area contributed by atoms with Crippen LogP contribution in [0.2, 0.25) is 0 Å². The fraction of sp³-hybridized carbons (Fsp3) is 0. The lowest BCUT2D eigenvalue weighted by Crippen LogP contribution is -2.19. The number of carbonyl (C=O) groups excluding carboxylic acids is 1. The molecule has 0 heterocycles. The van der Waals surface area contributed by atoms with Gasteiger partial charge in [-0.1, -0.05) is 12.1 Å². The highest BCUT2D eigenvalue weighted by atomic mass is 19.2. The highest BCUT2D eigenvalue weighted by molar-refractivity contribution is 6.14. The molecule has 3 rings (SSSR count). The monoisotopic (exact) mass is 457 g/mol. The normalized spacial score (nSPS) is 10.5. The van der Waals surface area contributed by atoms with Gasteiger partial charge in [0, 0.05) is 0 Å². The number of hydrogen-bond donors (Lipinski definition) is 5. The van der Waals surface area contributed by atoms with Crippen LogP contribution in [0.3, 0.4) is 0 Å². The molecule has 168 valence electrons. The zero-order valence-electron chi connectivity index (χ0n) is 16.3. The number of rotatable bonds is 6. The molecule has 0 atom stereocenters. The number of benzene rings is 3. The molecule has 1 amide bonds. The number of aromatic hydroxyl groups is 1. The maximum Gasteiger partial charge on any atom is 0.339 e. The van der Waals surface area contributed by atoms with Gasteiger partial charge in [-0.3, -0.25) is 4.79 Å². The topological polar surface area (TPSA) is 161 Å². The van der Waals surface area contributed by atoms with Gasteiger partial charge in [-0.2, -0.15) is 0 Å². The van der Waals surface area contributed by atoms with Crippen molar-refractivity contribution in [3.8, 4) is 16.9 Å². The predicted molar refractivity (Wildman–Crippen MR) is 109 cm³/mol. The van der Waals surface area contributed by atoms with Crippen LogP contribution in [0.1, 0.15) is 41.4 Å². The SMILES string of the molecule is O=C(O)c1cc(C(=O)Nc2cc(-c3ccc(F)c(F)c3)ccc2C(=O)O)c(C(=O)O)cc1O. The van der Waals surface area contributed by atoms with Gasteiger partial charge in [0.2, 0.25) is 0 Å². The number of halogens is 2. The molecule has 5 N–H and O–H groups in total. The van der Waals surface area contributed by atoms with Crippen molar-refractivity contribution in [2.45, 2.75) is 0 Å². The lowest BCUT2D eigenvalue weighted by Gasteiger charge is -2.13. The maximum absolute atomic E-state index is 13.6. The fourth-order valence-corrected chi connectivity index (χ4v) is 3.00. The fourth-order valence-electron chi connectivity index (χ4n) is 3.00. The minimum atomic E-state index is -1.65. The van der Waals surface area contributed by atoms with E-state index in [0.717, 1.165) is 24.3 Å². The van der Waals surface area contributed by atoms with E-state index in [-0.39, 0.29) is 16.8 Å². The van der Waals surface area contributed by atoms with Gasteiger partial charge in [0.15, 0.2) is 11.6 Å². The summed E-state index contributed by atoms with van der Waals surface area (Å²) < 4.78 is 26.8. The van der Waals surface area contributed by atoms with Gasteiger partial charge in [0.25, 0.3) is 5.91 Å². The molecule has 0 aliphatic carbocycles. The molecule has 0 fully saturated rings. The van der Waals surface area contributed by atoms with Gasteiger partial charge in [-0.05, 0) is 47.5 Å². The quantitative estimate of drug-likeness (QED) is 0.374. The largest absolute Gasteiger partial charge is 0.507 e. The molecule has 0 aromatic heterocycles. The molecule has 11 heteroatoms. The first kappa shape index (κ1) is 22.9. The van der Waals surface area contributed by atoms with Crippen LogP contribution in [-0.2, 0) is 0 Å². The van der Waals surface area contributed by atoms with E-state index in [2.05, 4.69) is 5.32 Å². The second-order valence-electron chi connectivity index (χ2n) is 6.67. The Morgan fingerprint density at radius 3 is 1.79 bits per heavy atom. The minimum absolute atomic E-state index is 0.158. The Morgan fingerprint density at radius 1 is 0.636 bits per heavy atom. The zero-order valence-corrected chi connectivity index (χ0v) is 16.3. The Kier molecular flexibility index (Phi) is 6.06. The minimum Gasteiger partial charge on any atom is -0.507 e. The van der Waals surface area contributed by atoms with Crippen LogP contribution in [0.4, 0.5) is 14.5 Å². The van der Waals surface area contributed by atoms with Crippen molar-refractivity contribution in [2.75, 3.05) is 5.32 Å². The predicted octanol–water partition coefficient (Wildman–Crippen LogP) is 3.68. The molecule has 0 spiro atoms. The van der Waals surface area contributed by atoms with Crippen molar-refractivity contribution in [1.29, 1.82) is 0 Å². The van der Waals surface area contributed by atoms with Crippen molar-refractivity contribution < 1.29 is 48.4 Å². The van der Waals surface area contributed by atoms with Gasteiger partial charge >= 0.3 is 17.9 Å². The van der Waals surface area contributed by atoms with Crippen molar-refractivity contribution >= 4 is 29.5 Å². The first-order valence-electron chi connectivity index (χ1n) is 8.97. The number of amides is 1. The number of anilines is 1. The molecule has 0 aliphatic heterocycles. The number of carboxylic acids is 3. The molecule has 33 heavy (non-hydrogen) atoms. The molecule has 0 bridgehead atoms. The summed E-state index contributed by atoms with van der Waals surface area (Å²) in [5.74, 6) is -9.07. The summed E-state index contributed by atoms with van der Waals surface area (Å²) in [4.78, 5) is 47.1. The van der Waals surface area contributed by atoms with Crippen molar-refractivity contribution in [2.24, 2.45) is 0 Å². The van der Waals surface area contributed by atoms with E-state index in [0.29, 0.717) is 12.1 Å². The van der Waals surface area contributed by atoms with Crippen molar-refractivity contribution in [1.82, 2.24) is 0 Å². The van der Waals surface area contributed by atoms with Crippen molar-refractivity contribution in [3.05, 3.63) is 82.4 Å². The first-order valence-corrected chi connectivity index (χ1v) is 8.97. The second kappa shape index (κ2) is 8.75. The Morgan fingerprint density at radius 2 is 1.21 bits per heavy atom.